The van der Waals surface area contributed by atoms with E-state index in [0.717, 1.165) is 18.4 Å². The van der Waals surface area contributed by atoms with Gasteiger partial charge in [-0.2, -0.15) is 0 Å². The van der Waals surface area contributed by atoms with Crippen molar-refractivity contribution in [3.8, 4) is 0 Å². The summed E-state index contributed by atoms with van der Waals surface area (Å²) < 4.78 is 12.3. The van der Waals surface area contributed by atoms with Crippen molar-refractivity contribution in [1.29, 1.82) is 0 Å². The number of ether oxygens (including phenoxy) is 2. The summed E-state index contributed by atoms with van der Waals surface area (Å²) in [5.74, 6) is 0.499. The fourth-order valence-corrected chi connectivity index (χ4v) is 4.18. The number of carbonyl (C=O) groups excluding carboxylic acids is 2. The monoisotopic (exact) mass is 450 g/mol. The maximum absolute atomic E-state index is 12.9. The predicted octanol–water partition coefficient (Wildman–Crippen LogP) is 2.32. The molecule has 4 atom stereocenters. The fraction of sp³-hybridized carbons (Fsp3) is 0.400. The van der Waals surface area contributed by atoms with Gasteiger partial charge in [-0.05, 0) is 26.8 Å². The Labute approximate surface area is 193 Å². The van der Waals surface area contributed by atoms with E-state index in [1.54, 1.807) is 19.1 Å². The number of hydrogen-bond acceptors (Lipinski definition) is 6. The quantitative estimate of drug-likeness (QED) is 0.377. The van der Waals surface area contributed by atoms with Gasteiger partial charge in [0.1, 0.15) is 5.78 Å². The van der Waals surface area contributed by atoms with Crippen molar-refractivity contribution < 1.29 is 19.1 Å². The molecule has 0 spiro atoms. The molecule has 2 heterocycles. The molecule has 2 aromatic carbocycles. The van der Waals surface area contributed by atoms with Crippen LogP contribution >= 0.6 is 0 Å². The van der Waals surface area contributed by atoms with Crippen LogP contribution in [-0.4, -0.2) is 49.7 Å². The Kier molecular flexibility index (Phi) is 7.17. The number of guanidine groups is 1. The average Bonchev–Trinajstić information content (AvgIpc) is 3.36. The normalized spacial score (nSPS) is 25.8. The summed E-state index contributed by atoms with van der Waals surface area (Å²) in [6.45, 7) is 2.18. The van der Waals surface area contributed by atoms with Crippen LogP contribution in [0.1, 0.15) is 42.1 Å². The molecule has 2 aliphatic heterocycles. The number of ketones is 2. The maximum atomic E-state index is 12.9. The van der Waals surface area contributed by atoms with E-state index in [0.29, 0.717) is 24.5 Å². The molecule has 0 aromatic heterocycles. The van der Waals surface area contributed by atoms with Crippen molar-refractivity contribution in [3.63, 3.8) is 0 Å². The highest BCUT2D eigenvalue weighted by molar-refractivity contribution is 5.99. The van der Waals surface area contributed by atoms with Gasteiger partial charge >= 0.3 is 0 Å². The van der Waals surface area contributed by atoms with Crippen LogP contribution in [0.15, 0.2) is 65.7 Å². The predicted molar refractivity (Wildman–Crippen MR) is 125 cm³/mol. The molecular weight excluding hydrogens is 420 g/mol. The van der Waals surface area contributed by atoms with Crippen molar-refractivity contribution in [1.82, 2.24) is 16.0 Å². The Hall–Kier alpha value is -3.07. The minimum atomic E-state index is -1.06. The van der Waals surface area contributed by atoms with E-state index in [1.165, 1.54) is 0 Å². The Morgan fingerprint density at radius 2 is 1.82 bits per heavy atom. The van der Waals surface area contributed by atoms with Gasteiger partial charge in [0.25, 0.3) is 0 Å². The van der Waals surface area contributed by atoms with Crippen molar-refractivity contribution in [2.45, 2.75) is 50.5 Å². The number of fused-ring (bicyclic) bond motifs is 1. The second-order valence-electron chi connectivity index (χ2n) is 8.33. The van der Waals surface area contributed by atoms with Gasteiger partial charge in [0.2, 0.25) is 17.8 Å². The highest BCUT2D eigenvalue weighted by atomic mass is 16.8. The van der Waals surface area contributed by atoms with Crippen LogP contribution < -0.4 is 16.0 Å². The molecule has 4 rings (SSSR count). The first-order valence-electron chi connectivity index (χ1n) is 11.3. The van der Waals surface area contributed by atoms with Crippen molar-refractivity contribution >= 4 is 17.5 Å². The minimum absolute atomic E-state index is 0.152. The zero-order valence-electron chi connectivity index (χ0n) is 18.9. The van der Waals surface area contributed by atoms with Crippen LogP contribution in [0.5, 0.6) is 0 Å². The second kappa shape index (κ2) is 10.2. The first kappa shape index (κ1) is 23.1. The van der Waals surface area contributed by atoms with Gasteiger partial charge in [0.05, 0.1) is 0 Å². The van der Waals surface area contributed by atoms with Crippen molar-refractivity contribution in [2.75, 3.05) is 13.6 Å². The van der Waals surface area contributed by atoms with Crippen LogP contribution in [0, 0.1) is 0 Å². The summed E-state index contributed by atoms with van der Waals surface area (Å²) in [5, 5.41) is 9.73. The molecule has 33 heavy (non-hydrogen) atoms. The molecule has 3 N–H and O–H groups in total. The molecule has 2 aliphatic rings. The molecule has 8 nitrogen and oxygen atoms in total. The molecule has 174 valence electrons. The van der Waals surface area contributed by atoms with Crippen LogP contribution in [0.3, 0.4) is 0 Å². The average molecular weight is 451 g/mol. The molecule has 0 bridgehead atoms. The smallest absolute Gasteiger partial charge is 0.227 e. The maximum Gasteiger partial charge on any atom is 0.227 e. The Morgan fingerprint density at radius 3 is 2.48 bits per heavy atom. The van der Waals surface area contributed by atoms with Gasteiger partial charge in [-0.1, -0.05) is 60.7 Å². The third-order valence-electron chi connectivity index (χ3n) is 5.89. The van der Waals surface area contributed by atoms with Gasteiger partial charge in [-0.25, -0.2) is 0 Å². The highest BCUT2D eigenvalue weighted by Crippen LogP contribution is 2.39. The van der Waals surface area contributed by atoms with Gasteiger partial charge < -0.3 is 25.4 Å². The Morgan fingerprint density at radius 1 is 1.12 bits per heavy atom. The molecule has 8 heteroatoms. The summed E-state index contributed by atoms with van der Waals surface area (Å²) in [7, 11) is 1.87. The zero-order chi connectivity index (χ0) is 23.3. The van der Waals surface area contributed by atoms with Crippen molar-refractivity contribution in [3.05, 3.63) is 71.8 Å². The molecule has 2 saturated heterocycles. The second-order valence-corrected chi connectivity index (χ2v) is 8.33. The molecule has 0 amide bonds. The number of Topliss-reactive ketones (excluding diaryl/α,β-unsaturated/α-hetero) is 2. The lowest BCUT2D eigenvalue weighted by molar-refractivity contribution is -0.117. The number of aliphatic imine (C=N–C) groups is 1. The van der Waals surface area contributed by atoms with Gasteiger partial charge in [-0.3, -0.25) is 14.6 Å². The Balaban J connectivity index is 1.45. The fourth-order valence-electron chi connectivity index (χ4n) is 4.18. The van der Waals surface area contributed by atoms with E-state index < -0.39 is 18.2 Å². The van der Waals surface area contributed by atoms with Crippen LogP contribution in [0.2, 0.25) is 0 Å². The molecule has 0 radical (unpaired) electrons. The van der Waals surface area contributed by atoms with Crippen LogP contribution in [0.4, 0.5) is 0 Å². The Bertz CT molecular complexity index is 998. The molecule has 2 aromatic rings. The van der Waals surface area contributed by atoms with E-state index in [-0.39, 0.29) is 17.6 Å². The highest BCUT2D eigenvalue weighted by Gasteiger charge is 2.58. The number of carbonyl (C=O) groups is 2. The van der Waals surface area contributed by atoms with Gasteiger partial charge in [-0.15, -0.1) is 0 Å². The largest absolute Gasteiger partial charge is 0.326 e. The lowest BCUT2D eigenvalue weighted by Gasteiger charge is -2.26. The molecular formula is C25H30N4O4. The molecule has 2 fully saturated rings. The summed E-state index contributed by atoms with van der Waals surface area (Å²) >= 11 is 0. The number of rotatable bonds is 10. The first-order valence-corrected chi connectivity index (χ1v) is 11.3. The third kappa shape index (κ3) is 5.13. The number of hydrogen-bond donors (Lipinski definition) is 3. The van der Waals surface area contributed by atoms with E-state index in [4.69, 9.17) is 9.47 Å². The van der Waals surface area contributed by atoms with E-state index in [2.05, 4.69) is 20.9 Å². The molecule has 4 unspecified atom stereocenters. The summed E-state index contributed by atoms with van der Waals surface area (Å²) in [5.41, 5.74) is 0.314. The SMILES string of the molecule is CNC(CCCN=C1NC2OC(C(=O)c3ccccc3)OC2(c2ccccc2)N1)CC(C)=O. The lowest BCUT2D eigenvalue weighted by Crippen LogP contribution is -2.45. The van der Waals surface area contributed by atoms with Gasteiger partial charge in [0.15, 0.2) is 12.2 Å². The first-order chi connectivity index (χ1) is 16.0. The summed E-state index contributed by atoms with van der Waals surface area (Å²) in [4.78, 5) is 28.9. The lowest BCUT2D eigenvalue weighted by atomic mass is 10.0. The molecule has 0 saturated carbocycles. The topological polar surface area (TPSA) is 101 Å². The number of nitrogens with one attached hydrogen (secondary N) is 3. The standard InChI is InChI=1S/C25H30N4O4/c1-17(30)16-20(26-2)14-9-15-27-24-28-23-25(29-24,19-12-7-4-8-13-19)33-22(32-23)21(31)18-10-5-3-6-11-18/h3-8,10-13,20,22-23,26H,9,14-16H2,1-2H3,(H2,27,28,29). The summed E-state index contributed by atoms with van der Waals surface area (Å²) in [6, 6.07) is 18.8. The van der Waals surface area contributed by atoms with Crippen LogP contribution in [0.25, 0.3) is 0 Å². The number of nitrogens with zero attached hydrogens (tertiary/aromatic N) is 1. The van der Waals surface area contributed by atoms with E-state index in [1.807, 2.05) is 55.6 Å². The zero-order valence-corrected chi connectivity index (χ0v) is 18.9. The van der Waals surface area contributed by atoms with Crippen molar-refractivity contribution in [2.24, 2.45) is 4.99 Å². The minimum Gasteiger partial charge on any atom is -0.326 e. The van der Waals surface area contributed by atoms with E-state index >= 15 is 0 Å². The summed E-state index contributed by atoms with van der Waals surface area (Å²) in [6.07, 6.45) is 0.536. The third-order valence-corrected chi connectivity index (χ3v) is 5.89. The van der Waals surface area contributed by atoms with Crippen LogP contribution in [-0.2, 0) is 20.0 Å². The van der Waals surface area contributed by atoms with E-state index in [9.17, 15) is 9.59 Å². The molecule has 0 aliphatic carbocycles. The number of benzene rings is 2. The van der Waals surface area contributed by atoms with Gasteiger partial charge in [0, 0.05) is 30.1 Å².